The summed E-state index contributed by atoms with van der Waals surface area (Å²) in [6, 6.07) is 5.25. The Kier molecular flexibility index (Phi) is 4.08. The number of esters is 1. The number of rotatable bonds is 4. The van der Waals surface area contributed by atoms with Gasteiger partial charge in [-0.15, -0.1) is 0 Å². The number of ether oxygens (including phenoxy) is 2. The van der Waals surface area contributed by atoms with Crippen LogP contribution in [0.5, 0.6) is 5.75 Å². The first-order chi connectivity index (χ1) is 9.62. The number of pyridine rings is 1. The first-order valence-electron chi connectivity index (χ1n) is 6.50. The van der Waals surface area contributed by atoms with Gasteiger partial charge in [0.2, 0.25) is 5.43 Å². The molecule has 2 rings (SSSR count). The highest BCUT2D eigenvalue weighted by Crippen LogP contribution is 2.19. The van der Waals surface area contributed by atoms with E-state index >= 15 is 0 Å². The fourth-order valence-corrected chi connectivity index (χ4v) is 2.12. The molecule has 1 aromatic carbocycles. The highest BCUT2D eigenvalue weighted by molar-refractivity contribution is 5.94. The number of hydrogen-bond acceptors (Lipinski definition) is 4. The zero-order chi connectivity index (χ0) is 14.7. The maximum absolute atomic E-state index is 12.4. The predicted molar refractivity (Wildman–Crippen MR) is 76.4 cm³/mol. The molecule has 0 bridgehead atoms. The van der Waals surface area contributed by atoms with Crippen molar-refractivity contribution < 1.29 is 14.3 Å². The Morgan fingerprint density at radius 1 is 1.30 bits per heavy atom. The highest BCUT2D eigenvalue weighted by atomic mass is 16.5. The van der Waals surface area contributed by atoms with Crippen LogP contribution in [0.1, 0.15) is 24.2 Å². The van der Waals surface area contributed by atoms with E-state index in [-0.39, 0.29) is 17.6 Å². The Morgan fingerprint density at radius 2 is 2.05 bits per heavy atom. The summed E-state index contributed by atoms with van der Waals surface area (Å²) in [5.74, 6) is -0.0114. The Bertz CT molecular complexity index is 703. The summed E-state index contributed by atoms with van der Waals surface area (Å²) < 4.78 is 11.9. The van der Waals surface area contributed by atoms with Gasteiger partial charge in [-0.25, -0.2) is 4.79 Å². The van der Waals surface area contributed by atoms with Crippen LogP contribution in [0, 0.1) is 0 Å². The lowest BCUT2D eigenvalue weighted by Gasteiger charge is -2.12. The third-order valence-electron chi connectivity index (χ3n) is 3.12. The number of benzene rings is 1. The van der Waals surface area contributed by atoms with Crippen molar-refractivity contribution >= 4 is 16.9 Å². The van der Waals surface area contributed by atoms with Crippen LogP contribution < -0.4 is 10.2 Å². The van der Waals surface area contributed by atoms with Crippen LogP contribution in [-0.2, 0) is 11.3 Å². The largest absolute Gasteiger partial charge is 0.497 e. The van der Waals surface area contributed by atoms with Crippen LogP contribution in [0.25, 0.3) is 10.9 Å². The third-order valence-corrected chi connectivity index (χ3v) is 3.12. The van der Waals surface area contributed by atoms with Gasteiger partial charge in [0.1, 0.15) is 11.3 Å². The van der Waals surface area contributed by atoms with Gasteiger partial charge in [0.25, 0.3) is 0 Å². The van der Waals surface area contributed by atoms with E-state index < -0.39 is 5.97 Å². The number of aryl methyl sites for hydroxylation is 1. The average molecular weight is 275 g/mol. The molecule has 106 valence electrons. The van der Waals surface area contributed by atoms with Gasteiger partial charge in [0.05, 0.1) is 24.6 Å². The van der Waals surface area contributed by atoms with E-state index in [1.165, 1.54) is 7.11 Å². The molecule has 1 aromatic heterocycles. The molecule has 0 N–H and O–H groups in total. The van der Waals surface area contributed by atoms with Crippen molar-refractivity contribution in [2.75, 3.05) is 13.7 Å². The molecular weight excluding hydrogens is 258 g/mol. The number of methoxy groups -OCH3 is 1. The molecule has 20 heavy (non-hydrogen) atoms. The summed E-state index contributed by atoms with van der Waals surface area (Å²) in [6.45, 7) is 4.54. The van der Waals surface area contributed by atoms with E-state index in [1.54, 1.807) is 25.3 Å². The SMILES string of the molecule is CCOC(=O)c1cn(CC)c2ccc(OC)cc2c1=O. The summed E-state index contributed by atoms with van der Waals surface area (Å²) in [4.78, 5) is 24.3. The van der Waals surface area contributed by atoms with Gasteiger partial charge in [-0.3, -0.25) is 4.79 Å². The number of fused-ring (bicyclic) bond motifs is 1. The molecule has 0 unspecified atom stereocenters. The average Bonchev–Trinajstić information content (AvgIpc) is 2.47. The molecule has 0 aliphatic carbocycles. The fraction of sp³-hybridized carbons (Fsp3) is 0.333. The van der Waals surface area contributed by atoms with Gasteiger partial charge < -0.3 is 14.0 Å². The molecule has 0 fully saturated rings. The van der Waals surface area contributed by atoms with Gasteiger partial charge in [0, 0.05) is 12.7 Å². The van der Waals surface area contributed by atoms with Crippen LogP contribution in [-0.4, -0.2) is 24.3 Å². The lowest BCUT2D eigenvalue weighted by Crippen LogP contribution is -2.20. The predicted octanol–water partition coefficient (Wildman–Crippen LogP) is 2.21. The molecule has 5 heteroatoms. The molecule has 0 aliphatic rings. The van der Waals surface area contributed by atoms with E-state index in [4.69, 9.17) is 9.47 Å². The molecule has 0 radical (unpaired) electrons. The topological polar surface area (TPSA) is 57.5 Å². The van der Waals surface area contributed by atoms with Crippen LogP contribution >= 0.6 is 0 Å². The molecule has 2 aromatic rings. The fourth-order valence-electron chi connectivity index (χ4n) is 2.12. The summed E-state index contributed by atoms with van der Waals surface area (Å²) in [5, 5.41) is 0.455. The highest BCUT2D eigenvalue weighted by Gasteiger charge is 2.16. The molecular formula is C15H17NO4. The molecule has 0 saturated carbocycles. The van der Waals surface area contributed by atoms with Gasteiger partial charge in [-0.05, 0) is 32.0 Å². The minimum absolute atomic E-state index is 0.0504. The van der Waals surface area contributed by atoms with Crippen molar-refractivity contribution in [2.45, 2.75) is 20.4 Å². The molecule has 5 nitrogen and oxygen atoms in total. The van der Waals surface area contributed by atoms with Crippen LogP contribution in [0.15, 0.2) is 29.2 Å². The second-order valence-electron chi connectivity index (χ2n) is 4.26. The number of hydrogen-bond donors (Lipinski definition) is 0. The third kappa shape index (κ3) is 2.39. The smallest absolute Gasteiger partial charge is 0.343 e. The van der Waals surface area contributed by atoms with Crippen LogP contribution in [0.3, 0.4) is 0 Å². The Labute approximate surface area is 116 Å². The Morgan fingerprint density at radius 3 is 2.65 bits per heavy atom. The standard InChI is InChI=1S/C15H17NO4/c1-4-16-9-12(15(18)20-5-2)14(17)11-8-10(19-3)6-7-13(11)16/h6-9H,4-5H2,1-3H3. The maximum atomic E-state index is 12.4. The summed E-state index contributed by atoms with van der Waals surface area (Å²) in [7, 11) is 1.54. The zero-order valence-electron chi connectivity index (χ0n) is 11.8. The molecule has 0 aliphatic heterocycles. The monoisotopic (exact) mass is 275 g/mol. The summed E-state index contributed by atoms with van der Waals surface area (Å²) >= 11 is 0. The molecule has 0 saturated heterocycles. The maximum Gasteiger partial charge on any atom is 0.343 e. The van der Waals surface area contributed by atoms with E-state index in [0.717, 1.165) is 5.52 Å². The van der Waals surface area contributed by atoms with Gasteiger partial charge in [-0.1, -0.05) is 0 Å². The molecule has 0 spiro atoms. The van der Waals surface area contributed by atoms with Crippen molar-refractivity contribution in [1.82, 2.24) is 4.57 Å². The normalized spacial score (nSPS) is 10.6. The summed E-state index contributed by atoms with van der Waals surface area (Å²) in [6.07, 6.45) is 1.55. The number of carbonyl (C=O) groups is 1. The lowest BCUT2D eigenvalue weighted by atomic mass is 10.1. The Balaban J connectivity index is 2.75. The lowest BCUT2D eigenvalue weighted by molar-refractivity contribution is 0.0524. The summed E-state index contributed by atoms with van der Waals surface area (Å²) in [5.41, 5.74) is 0.489. The second-order valence-corrected chi connectivity index (χ2v) is 4.26. The van der Waals surface area contributed by atoms with Crippen LogP contribution in [0.4, 0.5) is 0 Å². The minimum Gasteiger partial charge on any atom is -0.497 e. The van der Waals surface area contributed by atoms with E-state index in [2.05, 4.69) is 0 Å². The molecule has 0 atom stereocenters. The van der Waals surface area contributed by atoms with Crippen molar-refractivity contribution in [3.63, 3.8) is 0 Å². The second kappa shape index (κ2) is 5.77. The van der Waals surface area contributed by atoms with Crippen molar-refractivity contribution in [3.05, 3.63) is 40.2 Å². The van der Waals surface area contributed by atoms with E-state index in [1.807, 2.05) is 17.6 Å². The molecule has 0 amide bonds. The number of nitrogens with zero attached hydrogens (tertiary/aromatic N) is 1. The van der Waals surface area contributed by atoms with Crippen molar-refractivity contribution in [2.24, 2.45) is 0 Å². The van der Waals surface area contributed by atoms with Gasteiger partial charge in [-0.2, -0.15) is 0 Å². The van der Waals surface area contributed by atoms with Gasteiger partial charge in [0.15, 0.2) is 0 Å². The molecule has 1 heterocycles. The Hall–Kier alpha value is -2.30. The van der Waals surface area contributed by atoms with E-state index in [9.17, 15) is 9.59 Å². The van der Waals surface area contributed by atoms with Crippen molar-refractivity contribution in [1.29, 1.82) is 0 Å². The number of aromatic nitrogens is 1. The minimum atomic E-state index is -0.593. The van der Waals surface area contributed by atoms with E-state index in [0.29, 0.717) is 17.7 Å². The zero-order valence-corrected chi connectivity index (χ0v) is 11.8. The van der Waals surface area contributed by atoms with Gasteiger partial charge >= 0.3 is 5.97 Å². The number of carbonyl (C=O) groups excluding carboxylic acids is 1. The quantitative estimate of drug-likeness (QED) is 0.803. The first-order valence-corrected chi connectivity index (χ1v) is 6.50. The first kappa shape index (κ1) is 14.1. The van der Waals surface area contributed by atoms with Crippen LogP contribution in [0.2, 0.25) is 0 Å². The van der Waals surface area contributed by atoms with Crippen molar-refractivity contribution in [3.8, 4) is 5.75 Å².